The number of amides is 1. The predicted octanol–water partition coefficient (Wildman–Crippen LogP) is 2.45. The first kappa shape index (κ1) is 16.5. The average molecular weight is 375 g/mol. The smallest absolute Gasteiger partial charge is 0.228 e. The van der Waals surface area contributed by atoms with Crippen LogP contribution in [0.3, 0.4) is 0 Å². The lowest BCUT2D eigenvalue weighted by atomic mass is 9.99. The van der Waals surface area contributed by atoms with Crippen molar-refractivity contribution < 1.29 is 13.2 Å². The second-order valence-electron chi connectivity index (χ2n) is 5.10. The van der Waals surface area contributed by atoms with Gasteiger partial charge in [0.15, 0.2) is 0 Å². The minimum absolute atomic E-state index is 0.0764. The van der Waals surface area contributed by atoms with Gasteiger partial charge in [-0.25, -0.2) is 12.7 Å². The van der Waals surface area contributed by atoms with E-state index < -0.39 is 10.0 Å². The number of halogens is 1. The molecule has 1 N–H and O–H groups in total. The highest BCUT2D eigenvalue weighted by atomic mass is 79.9. The summed E-state index contributed by atoms with van der Waals surface area (Å²) in [6.45, 7) is 2.41. The molecular weight excluding hydrogens is 356 g/mol. The zero-order valence-corrected chi connectivity index (χ0v) is 14.3. The minimum atomic E-state index is -3.22. The third-order valence-electron chi connectivity index (χ3n) is 3.61. The maximum absolute atomic E-state index is 12.3. The van der Waals surface area contributed by atoms with E-state index in [0.717, 1.165) is 17.3 Å². The lowest BCUT2D eigenvalue weighted by molar-refractivity contribution is -0.120. The highest BCUT2D eigenvalue weighted by Gasteiger charge is 2.31. The predicted molar refractivity (Wildman–Crippen MR) is 86.5 cm³/mol. The number of piperidine rings is 1. The molecule has 116 valence electrons. The molecule has 0 saturated carbocycles. The molecule has 0 spiro atoms. The molecule has 1 heterocycles. The van der Waals surface area contributed by atoms with E-state index in [1.807, 2.05) is 24.3 Å². The second-order valence-corrected chi connectivity index (χ2v) is 8.27. The Morgan fingerprint density at radius 3 is 2.90 bits per heavy atom. The number of sulfonamides is 1. The van der Waals surface area contributed by atoms with Gasteiger partial charge in [-0.05, 0) is 38.0 Å². The van der Waals surface area contributed by atoms with E-state index in [2.05, 4.69) is 21.2 Å². The zero-order chi connectivity index (χ0) is 15.5. The van der Waals surface area contributed by atoms with Crippen molar-refractivity contribution in [2.24, 2.45) is 5.92 Å². The van der Waals surface area contributed by atoms with E-state index in [1.165, 1.54) is 4.31 Å². The number of rotatable bonds is 4. The van der Waals surface area contributed by atoms with Crippen molar-refractivity contribution in [1.29, 1.82) is 0 Å². The van der Waals surface area contributed by atoms with Gasteiger partial charge in [0, 0.05) is 23.2 Å². The van der Waals surface area contributed by atoms with Gasteiger partial charge in [-0.3, -0.25) is 4.79 Å². The van der Waals surface area contributed by atoms with Crippen molar-refractivity contribution in [2.75, 3.05) is 24.2 Å². The van der Waals surface area contributed by atoms with Crippen LogP contribution >= 0.6 is 15.9 Å². The van der Waals surface area contributed by atoms with Crippen LogP contribution in [0.15, 0.2) is 28.7 Å². The number of nitrogens with one attached hydrogen (secondary N) is 1. The maximum Gasteiger partial charge on any atom is 0.228 e. The van der Waals surface area contributed by atoms with Crippen molar-refractivity contribution in [1.82, 2.24) is 4.31 Å². The maximum atomic E-state index is 12.3. The van der Waals surface area contributed by atoms with Crippen LogP contribution in [0, 0.1) is 5.92 Å². The SMILES string of the molecule is CCS(=O)(=O)N1CCCC(C(=O)Nc2cccc(Br)c2)C1. The first-order valence-electron chi connectivity index (χ1n) is 6.96. The molecule has 7 heteroatoms. The number of nitrogens with zero attached hydrogens (tertiary/aromatic N) is 1. The highest BCUT2D eigenvalue weighted by molar-refractivity contribution is 9.10. The average Bonchev–Trinajstić information content (AvgIpc) is 2.47. The first-order chi connectivity index (χ1) is 9.92. The minimum Gasteiger partial charge on any atom is -0.326 e. The molecule has 1 saturated heterocycles. The van der Waals surface area contributed by atoms with Gasteiger partial charge in [-0.2, -0.15) is 0 Å². The Balaban J connectivity index is 2.02. The summed E-state index contributed by atoms with van der Waals surface area (Å²) < 4.78 is 26.1. The largest absolute Gasteiger partial charge is 0.326 e. The van der Waals surface area contributed by atoms with Crippen LogP contribution in [0.5, 0.6) is 0 Å². The molecule has 1 unspecified atom stereocenters. The van der Waals surface area contributed by atoms with Crippen molar-refractivity contribution in [2.45, 2.75) is 19.8 Å². The zero-order valence-electron chi connectivity index (χ0n) is 11.9. The van der Waals surface area contributed by atoms with E-state index in [-0.39, 0.29) is 24.1 Å². The fourth-order valence-electron chi connectivity index (χ4n) is 2.40. The molecular formula is C14H19BrN2O3S. The van der Waals surface area contributed by atoms with Crippen molar-refractivity contribution in [3.05, 3.63) is 28.7 Å². The Morgan fingerprint density at radius 2 is 2.24 bits per heavy atom. The van der Waals surface area contributed by atoms with Gasteiger partial charge in [-0.1, -0.05) is 22.0 Å². The Labute approximate surface area is 133 Å². The van der Waals surface area contributed by atoms with Crippen LogP contribution in [0.4, 0.5) is 5.69 Å². The lowest BCUT2D eigenvalue weighted by Gasteiger charge is -2.30. The van der Waals surface area contributed by atoms with Gasteiger partial charge < -0.3 is 5.32 Å². The van der Waals surface area contributed by atoms with Gasteiger partial charge in [0.05, 0.1) is 11.7 Å². The van der Waals surface area contributed by atoms with E-state index in [0.29, 0.717) is 12.2 Å². The van der Waals surface area contributed by atoms with Crippen LogP contribution in [-0.2, 0) is 14.8 Å². The van der Waals surface area contributed by atoms with Crippen LogP contribution in [0.2, 0.25) is 0 Å². The number of hydrogen-bond acceptors (Lipinski definition) is 3. The summed E-state index contributed by atoms with van der Waals surface area (Å²) >= 11 is 3.35. The van der Waals surface area contributed by atoms with Crippen molar-refractivity contribution in [3.8, 4) is 0 Å². The molecule has 0 bridgehead atoms. The molecule has 0 radical (unpaired) electrons. The Morgan fingerprint density at radius 1 is 1.48 bits per heavy atom. The van der Waals surface area contributed by atoms with Gasteiger partial charge >= 0.3 is 0 Å². The number of anilines is 1. The highest BCUT2D eigenvalue weighted by Crippen LogP contribution is 2.22. The second kappa shape index (κ2) is 6.89. The summed E-state index contributed by atoms with van der Waals surface area (Å²) in [6.07, 6.45) is 1.44. The Bertz CT molecular complexity index is 618. The normalized spacial score (nSPS) is 20.2. The summed E-state index contributed by atoms with van der Waals surface area (Å²) in [5.74, 6) is -0.337. The molecule has 5 nitrogen and oxygen atoms in total. The molecule has 1 fully saturated rings. The standard InChI is InChI=1S/C14H19BrN2O3S/c1-2-21(19,20)17-8-4-5-11(10-17)14(18)16-13-7-3-6-12(15)9-13/h3,6-7,9,11H,2,4-5,8,10H2,1H3,(H,16,18). The van der Waals surface area contributed by atoms with Gasteiger partial charge in [0.25, 0.3) is 0 Å². The van der Waals surface area contributed by atoms with E-state index >= 15 is 0 Å². The van der Waals surface area contributed by atoms with Crippen LogP contribution in [-0.4, -0.2) is 37.5 Å². The fraction of sp³-hybridized carbons (Fsp3) is 0.500. The van der Waals surface area contributed by atoms with Gasteiger partial charge in [-0.15, -0.1) is 0 Å². The Hall–Kier alpha value is -0.920. The van der Waals surface area contributed by atoms with Gasteiger partial charge in [0.1, 0.15) is 0 Å². The van der Waals surface area contributed by atoms with E-state index in [9.17, 15) is 13.2 Å². The molecule has 1 aliphatic rings. The molecule has 1 amide bonds. The molecule has 0 aromatic heterocycles. The lowest BCUT2D eigenvalue weighted by Crippen LogP contribution is -2.44. The number of carbonyl (C=O) groups excluding carboxylic acids is 1. The molecule has 0 aliphatic carbocycles. The van der Waals surface area contributed by atoms with Crippen molar-refractivity contribution >= 4 is 37.5 Å². The number of carbonyl (C=O) groups is 1. The quantitative estimate of drug-likeness (QED) is 0.879. The van der Waals surface area contributed by atoms with Crippen LogP contribution < -0.4 is 5.32 Å². The summed E-state index contributed by atoms with van der Waals surface area (Å²) in [4.78, 5) is 12.3. The topological polar surface area (TPSA) is 66.5 Å². The summed E-state index contributed by atoms with van der Waals surface area (Å²) in [5.41, 5.74) is 0.713. The molecule has 1 aromatic rings. The first-order valence-corrected chi connectivity index (χ1v) is 9.37. The van der Waals surface area contributed by atoms with E-state index in [1.54, 1.807) is 6.92 Å². The molecule has 1 aromatic carbocycles. The number of benzene rings is 1. The van der Waals surface area contributed by atoms with Crippen LogP contribution in [0.1, 0.15) is 19.8 Å². The summed E-state index contributed by atoms with van der Waals surface area (Å²) in [7, 11) is -3.22. The Kier molecular flexibility index (Phi) is 5.40. The third-order valence-corrected chi connectivity index (χ3v) is 5.95. The van der Waals surface area contributed by atoms with E-state index in [4.69, 9.17) is 0 Å². The number of hydrogen-bond donors (Lipinski definition) is 1. The van der Waals surface area contributed by atoms with Gasteiger partial charge in [0.2, 0.25) is 15.9 Å². The summed E-state index contributed by atoms with van der Waals surface area (Å²) in [6, 6.07) is 7.35. The third kappa shape index (κ3) is 4.28. The van der Waals surface area contributed by atoms with Crippen molar-refractivity contribution in [3.63, 3.8) is 0 Å². The molecule has 1 atom stereocenters. The summed E-state index contributed by atoms with van der Waals surface area (Å²) in [5, 5.41) is 2.85. The monoisotopic (exact) mass is 374 g/mol. The van der Waals surface area contributed by atoms with Crippen LogP contribution in [0.25, 0.3) is 0 Å². The molecule has 2 rings (SSSR count). The fourth-order valence-corrected chi connectivity index (χ4v) is 3.98. The molecule has 1 aliphatic heterocycles. The molecule has 21 heavy (non-hydrogen) atoms.